The molecule has 2 aromatic carbocycles. The molecule has 0 aliphatic carbocycles. The second-order valence-corrected chi connectivity index (χ2v) is 7.81. The van der Waals surface area contributed by atoms with Crippen LogP contribution in [0.3, 0.4) is 0 Å². The van der Waals surface area contributed by atoms with Gasteiger partial charge in [0.1, 0.15) is 5.75 Å². The Morgan fingerprint density at radius 2 is 1.78 bits per heavy atom. The van der Waals surface area contributed by atoms with Crippen molar-refractivity contribution in [2.24, 2.45) is 0 Å². The summed E-state index contributed by atoms with van der Waals surface area (Å²) in [6.07, 6.45) is -4.88. The molecule has 32 heavy (non-hydrogen) atoms. The van der Waals surface area contributed by atoms with Crippen LogP contribution in [0.5, 0.6) is 5.75 Å². The van der Waals surface area contributed by atoms with Gasteiger partial charge in [-0.2, -0.15) is 13.2 Å². The quantitative estimate of drug-likeness (QED) is 0.509. The Morgan fingerprint density at radius 3 is 2.31 bits per heavy atom. The highest BCUT2D eigenvalue weighted by Crippen LogP contribution is 2.39. The lowest BCUT2D eigenvalue weighted by molar-refractivity contribution is -0.142. The summed E-state index contributed by atoms with van der Waals surface area (Å²) in [6.45, 7) is 4.28. The van der Waals surface area contributed by atoms with E-state index in [1.165, 1.54) is 19.9 Å². The summed E-state index contributed by atoms with van der Waals surface area (Å²) in [5.41, 5.74) is -1.71. The Bertz CT molecular complexity index is 1050. The highest BCUT2D eigenvalue weighted by molar-refractivity contribution is 6.30. The van der Waals surface area contributed by atoms with Crippen molar-refractivity contribution in [3.63, 3.8) is 0 Å². The average Bonchev–Trinajstić information content (AvgIpc) is 2.68. The molecule has 0 fully saturated rings. The summed E-state index contributed by atoms with van der Waals surface area (Å²) in [4.78, 5) is 23.7. The third kappa shape index (κ3) is 6.66. The Balaban J connectivity index is 2.18. The number of carboxylic acids is 1. The number of halogens is 4. The van der Waals surface area contributed by atoms with Gasteiger partial charge in [0.25, 0.3) is 5.91 Å². The van der Waals surface area contributed by atoms with Gasteiger partial charge in [-0.3, -0.25) is 9.59 Å². The molecule has 0 aromatic heterocycles. The van der Waals surface area contributed by atoms with E-state index in [1.807, 2.05) is 0 Å². The molecule has 0 bridgehead atoms. The molecule has 0 aliphatic rings. The zero-order valence-electron chi connectivity index (χ0n) is 17.5. The third-order valence-corrected chi connectivity index (χ3v) is 4.66. The van der Waals surface area contributed by atoms with Crippen LogP contribution in [0.25, 0.3) is 0 Å². The number of ether oxygens (including phenoxy) is 1. The van der Waals surface area contributed by atoms with Crippen LogP contribution in [-0.4, -0.2) is 22.6 Å². The number of carbonyl (C=O) groups excluding carboxylic acids is 1. The van der Waals surface area contributed by atoms with Crippen molar-refractivity contribution in [3.8, 4) is 17.6 Å². The summed E-state index contributed by atoms with van der Waals surface area (Å²) in [5.74, 6) is 2.82. The number of anilines is 1. The minimum absolute atomic E-state index is 0.110. The van der Waals surface area contributed by atoms with E-state index in [2.05, 4.69) is 17.2 Å². The molecule has 0 heterocycles. The molecule has 1 amide bonds. The van der Waals surface area contributed by atoms with Gasteiger partial charge in [0, 0.05) is 10.7 Å². The normalized spacial score (nSPS) is 12.3. The van der Waals surface area contributed by atoms with E-state index in [0.717, 1.165) is 12.1 Å². The summed E-state index contributed by atoms with van der Waals surface area (Å²) in [6, 6.07) is 9.40. The lowest BCUT2D eigenvalue weighted by Gasteiger charge is -2.27. The maximum atomic E-state index is 13.3. The predicted molar refractivity (Wildman–Crippen MR) is 115 cm³/mol. The molecular formula is C23H21ClF3NO4. The maximum Gasteiger partial charge on any atom is 0.420 e. The van der Waals surface area contributed by atoms with Gasteiger partial charge in [0.2, 0.25) is 0 Å². The standard InChI is InChI=1S/C23H21ClF3NO4/c1-4-5-15(12-20(29)30)14-6-9-17(10-7-14)28-21(31)22(2,3)32-19-11-8-16(24)13-18(19)23(25,26)27/h6-11,13,15H,12H2,1-3H3,(H,28,31)(H,29,30). The molecule has 2 aromatic rings. The van der Waals surface area contributed by atoms with Crippen LogP contribution in [0.2, 0.25) is 5.02 Å². The fourth-order valence-electron chi connectivity index (χ4n) is 2.82. The van der Waals surface area contributed by atoms with Gasteiger partial charge >= 0.3 is 12.1 Å². The van der Waals surface area contributed by atoms with Crippen molar-refractivity contribution in [2.75, 3.05) is 5.32 Å². The number of carboxylic acid groups (broad SMARTS) is 1. The third-order valence-electron chi connectivity index (χ3n) is 4.43. The molecule has 2 N–H and O–H groups in total. The number of nitrogens with one attached hydrogen (secondary N) is 1. The summed E-state index contributed by atoms with van der Waals surface area (Å²) < 4.78 is 45.3. The Labute approximate surface area is 188 Å². The van der Waals surface area contributed by atoms with E-state index in [0.29, 0.717) is 11.3 Å². The van der Waals surface area contributed by atoms with Crippen molar-refractivity contribution >= 4 is 29.2 Å². The van der Waals surface area contributed by atoms with E-state index in [-0.39, 0.29) is 11.4 Å². The van der Waals surface area contributed by atoms with Crippen molar-refractivity contribution in [1.29, 1.82) is 0 Å². The minimum atomic E-state index is -4.71. The van der Waals surface area contributed by atoms with E-state index in [1.54, 1.807) is 31.2 Å². The van der Waals surface area contributed by atoms with Crippen molar-refractivity contribution in [3.05, 3.63) is 58.6 Å². The molecule has 170 valence electrons. The number of hydrogen-bond donors (Lipinski definition) is 2. The van der Waals surface area contributed by atoms with Gasteiger partial charge in [0.05, 0.1) is 17.9 Å². The fraction of sp³-hybridized carbons (Fsp3) is 0.304. The Hall–Kier alpha value is -3.18. The molecule has 0 aliphatic heterocycles. The second kappa shape index (κ2) is 9.96. The van der Waals surface area contributed by atoms with Crippen molar-refractivity contribution in [1.82, 2.24) is 0 Å². The smallest absolute Gasteiger partial charge is 0.420 e. The molecule has 1 unspecified atom stereocenters. The van der Waals surface area contributed by atoms with Crippen LogP contribution in [0.15, 0.2) is 42.5 Å². The van der Waals surface area contributed by atoms with E-state index < -0.39 is 40.9 Å². The van der Waals surface area contributed by atoms with Crippen LogP contribution in [0.1, 0.15) is 44.2 Å². The molecular weight excluding hydrogens is 447 g/mol. The first-order chi connectivity index (χ1) is 14.8. The van der Waals surface area contributed by atoms with Gasteiger partial charge in [-0.25, -0.2) is 0 Å². The van der Waals surface area contributed by atoms with Crippen LogP contribution in [0.4, 0.5) is 18.9 Å². The monoisotopic (exact) mass is 467 g/mol. The first-order valence-corrected chi connectivity index (χ1v) is 9.82. The van der Waals surface area contributed by atoms with Crippen LogP contribution < -0.4 is 10.1 Å². The average molecular weight is 468 g/mol. The molecule has 0 spiro atoms. The summed E-state index contributed by atoms with van der Waals surface area (Å²) in [5, 5.41) is 11.5. The first-order valence-electron chi connectivity index (χ1n) is 9.44. The zero-order valence-corrected chi connectivity index (χ0v) is 18.3. The van der Waals surface area contributed by atoms with Gasteiger partial charge in [0.15, 0.2) is 5.60 Å². The topological polar surface area (TPSA) is 75.6 Å². The van der Waals surface area contributed by atoms with Crippen LogP contribution >= 0.6 is 11.6 Å². The molecule has 9 heteroatoms. The lowest BCUT2D eigenvalue weighted by Crippen LogP contribution is -2.43. The highest BCUT2D eigenvalue weighted by atomic mass is 35.5. The SMILES string of the molecule is CC#CC(CC(=O)O)c1ccc(NC(=O)C(C)(C)Oc2ccc(Cl)cc2C(F)(F)F)cc1. The number of amides is 1. The number of alkyl halides is 3. The van der Waals surface area contributed by atoms with E-state index >= 15 is 0 Å². The molecule has 5 nitrogen and oxygen atoms in total. The Morgan fingerprint density at radius 1 is 1.16 bits per heavy atom. The van der Waals surface area contributed by atoms with Crippen LogP contribution in [0, 0.1) is 11.8 Å². The second-order valence-electron chi connectivity index (χ2n) is 7.37. The number of aliphatic carboxylic acids is 1. The number of carbonyl (C=O) groups is 2. The van der Waals surface area contributed by atoms with Gasteiger partial charge in [-0.15, -0.1) is 5.92 Å². The van der Waals surface area contributed by atoms with Crippen molar-refractivity contribution < 1.29 is 32.6 Å². The molecule has 0 saturated carbocycles. The summed E-state index contributed by atoms with van der Waals surface area (Å²) in [7, 11) is 0. The van der Waals surface area contributed by atoms with Gasteiger partial charge in [-0.05, 0) is 56.7 Å². The number of rotatable bonds is 7. The van der Waals surface area contributed by atoms with Gasteiger partial charge in [-0.1, -0.05) is 29.7 Å². The largest absolute Gasteiger partial charge is 0.481 e. The molecule has 2 rings (SSSR count). The van der Waals surface area contributed by atoms with E-state index in [9.17, 15) is 22.8 Å². The lowest BCUT2D eigenvalue weighted by atomic mass is 9.96. The predicted octanol–water partition coefficient (Wildman–Crippen LogP) is 5.74. The molecule has 0 radical (unpaired) electrons. The Kier molecular flexibility index (Phi) is 7.81. The summed E-state index contributed by atoms with van der Waals surface area (Å²) >= 11 is 5.67. The molecule has 0 saturated heterocycles. The molecule has 1 atom stereocenters. The maximum absolute atomic E-state index is 13.3. The fourth-order valence-corrected chi connectivity index (χ4v) is 2.99. The first kappa shape index (κ1) is 25.1. The highest BCUT2D eigenvalue weighted by Gasteiger charge is 2.38. The minimum Gasteiger partial charge on any atom is -0.481 e. The van der Waals surface area contributed by atoms with Gasteiger partial charge < -0.3 is 15.2 Å². The van der Waals surface area contributed by atoms with Crippen LogP contribution in [-0.2, 0) is 15.8 Å². The zero-order chi connectivity index (χ0) is 24.1. The van der Waals surface area contributed by atoms with Crippen molar-refractivity contribution in [2.45, 2.75) is 44.9 Å². The number of hydrogen-bond acceptors (Lipinski definition) is 3. The number of benzene rings is 2. The van der Waals surface area contributed by atoms with E-state index in [4.69, 9.17) is 21.4 Å².